The molecule has 8 unspecified atom stereocenters. The third-order valence-electron chi connectivity index (χ3n) is 19.2. The summed E-state index contributed by atoms with van der Waals surface area (Å²) in [5, 5.41) is 17.0. The summed E-state index contributed by atoms with van der Waals surface area (Å²) in [6.45, 7) is 61.0. The molecule has 0 radical (unpaired) electrons. The van der Waals surface area contributed by atoms with E-state index in [9.17, 15) is 81.5 Å². The van der Waals surface area contributed by atoms with E-state index in [1.807, 2.05) is 48.5 Å². The quantitative estimate of drug-likeness (QED) is 0.0220. The predicted octanol–water partition coefficient (Wildman–Crippen LogP) is 17.5. The van der Waals surface area contributed by atoms with Gasteiger partial charge in [0, 0.05) is 155 Å². The van der Waals surface area contributed by atoms with Crippen molar-refractivity contribution >= 4 is 116 Å². The van der Waals surface area contributed by atoms with Gasteiger partial charge in [-0.1, -0.05) is 145 Å². The van der Waals surface area contributed by atoms with E-state index < -0.39 is 65.1 Å². The van der Waals surface area contributed by atoms with Crippen LogP contribution in [0.4, 0.5) is 0 Å². The highest BCUT2D eigenvalue weighted by Gasteiger charge is 2.33. The number of ketones is 10. The number of hydrogen-bond acceptors (Lipinski definition) is 27. The monoisotopic (exact) mass is 1840 g/mol. The third-order valence-corrected chi connectivity index (χ3v) is 24.1. The number of Topliss-reactive ketones (excluding diaryl/α,β-unsaturated/α-hetero) is 10. The van der Waals surface area contributed by atoms with Crippen LogP contribution >= 0.6 is 16.8 Å². The van der Waals surface area contributed by atoms with Crippen LogP contribution in [0.5, 0.6) is 0 Å². The molecular formula is C95H172N6O24P2. The molecule has 736 valence electrons. The maximum Gasteiger partial charge on any atom is 0.306 e. The normalized spacial score (nSPS) is 13.0. The van der Waals surface area contributed by atoms with Gasteiger partial charge in [-0.05, 0) is 114 Å². The van der Waals surface area contributed by atoms with Crippen molar-refractivity contribution in [3.8, 4) is 6.07 Å². The van der Waals surface area contributed by atoms with Crippen LogP contribution in [-0.2, 0) is 114 Å². The van der Waals surface area contributed by atoms with Crippen LogP contribution in [-0.4, -0.2) is 202 Å². The number of hydrogen-bond donors (Lipinski definition) is 3. The maximum absolute atomic E-state index is 12.4. The highest BCUT2D eigenvalue weighted by molar-refractivity contribution is 7.50. The number of rotatable bonds is 64. The summed E-state index contributed by atoms with van der Waals surface area (Å²) in [5.74, 6) is -2.25. The van der Waals surface area contributed by atoms with E-state index in [0.29, 0.717) is 76.0 Å². The Kier molecular flexibility index (Phi) is 81.4. The van der Waals surface area contributed by atoms with Crippen molar-refractivity contribution < 1.29 is 114 Å². The van der Waals surface area contributed by atoms with Crippen molar-refractivity contribution in [2.75, 3.05) is 39.0 Å². The number of nitriles is 1. The molecular weight excluding hydrogens is 1670 g/mol. The Bertz CT molecular complexity index is 3230. The van der Waals surface area contributed by atoms with E-state index in [-0.39, 0.29) is 232 Å². The first-order valence-electron chi connectivity index (χ1n) is 46.5. The Hall–Kier alpha value is -6.86. The zero-order valence-corrected chi connectivity index (χ0v) is 85.8. The molecule has 0 aromatic rings. The molecule has 0 aliphatic heterocycles. The highest BCUT2D eigenvalue weighted by Crippen LogP contribution is 2.48. The van der Waals surface area contributed by atoms with Gasteiger partial charge in [0.15, 0.2) is 23.8 Å². The molecule has 0 bridgehead atoms. The molecule has 0 aliphatic rings. The van der Waals surface area contributed by atoms with Gasteiger partial charge in [0.2, 0.25) is 17.7 Å². The standard InChI is InChI=1S/C20H38N3O4P.C17H29NO5.C17H36NO2P.C16H27NO5.C13H22O4.C12H20O4/c1-8-18(14-22-20(25)11-10-19(24)15(2)3)27-28(26-13-9-12-21)23(16(4)5)17(6)7;1-5-13(19)7-10-17(22)23-14(6-2)11-18-16(21)9-8-15(20)12(3)4;1-9-11-20-21(18(14(5)6)15(7)8)12-16(10-2)17(19)13(3)4;1-5-13(22-16(21)9-6-12(4)18)10-17-15(20)8-7-14(19)11(2)3;1-5-10(14)7-8-12(15)17-11(6-2)13(16)9(3)4;1-5-10(12(15)8(2)3)16-11(14)7-6-9(4)13/h15-18H,8-11,13-14H2,1-7H3,(H,22,25);12,14H,5-11H2,1-4H3,(H,18,21);13-16H,9-12H2,1-8H3;11,13H,5-10H2,1-4H3,(H,17,20);9,11H,5-8H2,1-4H3;8,10H,5-7H2,1-4H3. The number of carbonyl (C=O) groups excluding carboxylic acids is 17. The number of nitrogens with zero attached hydrogens (tertiary/aromatic N) is 3. The second kappa shape index (κ2) is 78.9. The minimum atomic E-state index is -1.34. The fraction of sp³-hybridized carbons (Fsp3) is 0.811. The average molecular weight is 1840 g/mol. The fourth-order valence-electron chi connectivity index (χ4n) is 11.1. The minimum absolute atomic E-state index is 0.0260. The second-order valence-electron chi connectivity index (χ2n) is 34.2. The SMILES string of the molecule is CCC(=O)CCC(=O)OC(CC)C(=O)C(C)C.CCC(=O)CCC(=O)OC(CC)CNC(=O)CCC(=O)C(C)C.CCC(CNC(=O)CCC(=O)C(C)C)OC(=O)CCC(C)=O.CCC(CNC(=O)CCC(=O)C(C)C)OP(OCCC#N)N(C(C)C)C(C)C.CCC(OC(=O)CCC(C)=O)C(=O)C(C)C.CCCOP(CC(CC)C(=O)C(C)C)N(C(C)C)C(C)C. The van der Waals surface area contributed by atoms with Crippen LogP contribution in [0.25, 0.3) is 0 Å². The first-order chi connectivity index (χ1) is 59.2. The number of esters is 4. The van der Waals surface area contributed by atoms with Crippen molar-refractivity contribution in [2.24, 2.45) is 41.4 Å². The molecule has 0 aliphatic carbocycles. The fourth-order valence-corrected chi connectivity index (χ4v) is 15.5. The topological polar surface area (TPSA) is 421 Å². The minimum Gasteiger partial charge on any atom is -0.460 e. The van der Waals surface area contributed by atoms with Crippen LogP contribution < -0.4 is 16.0 Å². The van der Waals surface area contributed by atoms with Gasteiger partial charge >= 0.3 is 23.9 Å². The number of amides is 3. The van der Waals surface area contributed by atoms with Gasteiger partial charge in [-0.2, -0.15) is 5.26 Å². The molecule has 0 aromatic heterocycles. The lowest BCUT2D eigenvalue weighted by atomic mass is 9.95. The highest BCUT2D eigenvalue weighted by atomic mass is 31.2. The van der Waals surface area contributed by atoms with Crippen LogP contribution in [0.3, 0.4) is 0 Å². The molecule has 0 spiro atoms. The van der Waals surface area contributed by atoms with Gasteiger partial charge < -0.3 is 58.1 Å². The van der Waals surface area contributed by atoms with E-state index in [1.54, 1.807) is 83.1 Å². The average Bonchev–Trinajstić information content (AvgIpc) is 0.848. The molecule has 0 rings (SSSR count). The Morgan fingerprint density at radius 2 is 0.654 bits per heavy atom. The molecule has 0 aromatic carbocycles. The second-order valence-corrected chi connectivity index (χ2v) is 37.4. The molecule has 0 heterocycles. The molecule has 0 saturated heterocycles. The van der Waals surface area contributed by atoms with Crippen molar-refractivity contribution in [3.05, 3.63) is 0 Å². The number of nitrogens with one attached hydrogen (secondary N) is 3. The molecule has 8 atom stereocenters. The Morgan fingerprint density at radius 3 is 0.913 bits per heavy atom. The van der Waals surface area contributed by atoms with Crippen molar-refractivity contribution in [1.82, 2.24) is 25.3 Å². The molecule has 3 amide bonds. The molecule has 30 nitrogen and oxygen atoms in total. The Labute approximate surface area is 767 Å². The van der Waals surface area contributed by atoms with E-state index in [4.69, 9.17) is 37.8 Å². The van der Waals surface area contributed by atoms with E-state index >= 15 is 0 Å². The van der Waals surface area contributed by atoms with Crippen molar-refractivity contribution in [1.29, 1.82) is 5.26 Å². The van der Waals surface area contributed by atoms with Gasteiger partial charge in [0.25, 0.3) is 8.53 Å². The van der Waals surface area contributed by atoms with Gasteiger partial charge in [0.05, 0.1) is 70.6 Å². The summed E-state index contributed by atoms with van der Waals surface area (Å²) in [4.78, 5) is 195. The summed E-state index contributed by atoms with van der Waals surface area (Å²) in [7, 11) is -2.04. The summed E-state index contributed by atoms with van der Waals surface area (Å²) in [6, 6.07) is 3.42. The molecule has 0 fully saturated rings. The van der Waals surface area contributed by atoms with Crippen LogP contribution in [0.1, 0.15) is 369 Å². The summed E-state index contributed by atoms with van der Waals surface area (Å²) in [6.07, 6.45) is 6.57. The van der Waals surface area contributed by atoms with E-state index in [1.165, 1.54) is 13.8 Å². The molecule has 32 heteroatoms. The van der Waals surface area contributed by atoms with Crippen LogP contribution in [0.15, 0.2) is 0 Å². The van der Waals surface area contributed by atoms with Crippen molar-refractivity contribution in [3.63, 3.8) is 0 Å². The van der Waals surface area contributed by atoms with Gasteiger partial charge in [0.1, 0.15) is 66.8 Å². The smallest absolute Gasteiger partial charge is 0.306 e. The van der Waals surface area contributed by atoms with Crippen molar-refractivity contribution in [2.45, 2.75) is 423 Å². The van der Waals surface area contributed by atoms with Gasteiger partial charge in [-0.15, -0.1) is 0 Å². The lowest BCUT2D eigenvalue weighted by Crippen LogP contribution is -2.37. The number of ether oxygens (including phenoxy) is 4. The zero-order valence-electron chi connectivity index (χ0n) is 84.0. The van der Waals surface area contributed by atoms with Crippen LogP contribution in [0, 0.1) is 52.8 Å². The number of carbonyl (C=O) groups is 17. The lowest BCUT2D eigenvalue weighted by Gasteiger charge is -2.38. The lowest BCUT2D eigenvalue weighted by molar-refractivity contribution is -0.156. The molecule has 127 heavy (non-hydrogen) atoms. The first kappa shape index (κ1) is 131. The first-order valence-corrected chi connectivity index (χ1v) is 49.0. The maximum atomic E-state index is 12.4. The van der Waals surface area contributed by atoms with E-state index in [2.05, 4.69) is 101 Å². The van der Waals surface area contributed by atoms with Crippen LogP contribution in [0.2, 0.25) is 0 Å². The zero-order chi connectivity index (χ0) is 99.4. The van der Waals surface area contributed by atoms with E-state index in [0.717, 1.165) is 32.0 Å². The molecule has 3 N–H and O–H groups in total. The molecule has 0 saturated carbocycles. The third kappa shape index (κ3) is 70.6. The van der Waals surface area contributed by atoms with Gasteiger partial charge in [-0.3, -0.25) is 76.6 Å². The summed E-state index contributed by atoms with van der Waals surface area (Å²) in [5.41, 5.74) is 0. The summed E-state index contributed by atoms with van der Waals surface area (Å²) < 4.78 is 43.5. The Morgan fingerprint density at radius 1 is 0.339 bits per heavy atom. The van der Waals surface area contributed by atoms with Gasteiger partial charge in [-0.25, -0.2) is 4.67 Å². The predicted molar refractivity (Wildman–Crippen MR) is 500 cm³/mol. The Balaban J connectivity index is -0.000000349. The summed E-state index contributed by atoms with van der Waals surface area (Å²) >= 11 is 0. The largest absolute Gasteiger partial charge is 0.460 e.